The van der Waals surface area contributed by atoms with E-state index in [4.69, 9.17) is 5.73 Å². The lowest BCUT2D eigenvalue weighted by atomic mass is 9.63. The number of nitrogens with two attached hydrogens (primary N) is 1. The van der Waals surface area contributed by atoms with Gasteiger partial charge in [0.1, 0.15) is 5.75 Å². The Morgan fingerprint density at radius 1 is 1.47 bits per heavy atom. The maximum absolute atomic E-state index is 9.59. The molecular formula is C11H14BrNO2. The summed E-state index contributed by atoms with van der Waals surface area (Å²) in [5.41, 5.74) is 6.59. The molecule has 15 heavy (non-hydrogen) atoms. The molecule has 0 radical (unpaired) electrons. The van der Waals surface area contributed by atoms with Gasteiger partial charge in [-0.15, -0.1) is 0 Å². The molecule has 0 spiro atoms. The Hall–Kier alpha value is -0.580. The summed E-state index contributed by atoms with van der Waals surface area (Å²) in [6.45, 7) is 0.492. The molecule has 0 aliphatic heterocycles. The minimum Gasteiger partial charge on any atom is -0.507 e. The van der Waals surface area contributed by atoms with Gasteiger partial charge < -0.3 is 15.9 Å². The number of benzene rings is 1. The van der Waals surface area contributed by atoms with Crippen LogP contribution in [0, 0.1) is 0 Å². The van der Waals surface area contributed by atoms with E-state index in [2.05, 4.69) is 15.9 Å². The number of halogens is 1. The number of aromatic hydroxyl groups is 1. The second-order valence-corrected chi connectivity index (χ2v) is 4.98. The molecule has 1 aliphatic carbocycles. The SMILES string of the molecule is NCC1(c2cccc(O)c2Br)CC(O)C1. The molecule has 2 rings (SSSR count). The van der Waals surface area contributed by atoms with Crippen LogP contribution in [0.3, 0.4) is 0 Å². The highest BCUT2D eigenvalue weighted by Gasteiger charge is 2.45. The summed E-state index contributed by atoms with van der Waals surface area (Å²) in [4.78, 5) is 0. The summed E-state index contributed by atoms with van der Waals surface area (Å²) < 4.78 is 0.697. The van der Waals surface area contributed by atoms with Crippen LogP contribution >= 0.6 is 15.9 Å². The van der Waals surface area contributed by atoms with Crippen molar-refractivity contribution in [3.63, 3.8) is 0 Å². The predicted molar refractivity (Wildman–Crippen MR) is 61.8 cm³/mol. The Morgan fingerprint density at radius 3 is 2.67 bits per heavy atom. The highest BCUT2D eigenvalue weighted by atomic mass is 79.9. The monoisotopic (exact) mass is 271 g/mol. The van der Waals surface area contributed by atoms with Gasteiger partial charge in [0.2, 0.25) is 0 Å². The van der Waals surface area contributed by atoms with Gasteiger partial charge in [-0.1, -0.05) is 12.1 Å². The van der Waals surface area contributed by atoms with Gasteiger partial charge in [0.05, 0.1) is 10.6 Å². The average Bonchev–Trinajstić information content (AvgIpc) is 2.17. The van der Waals surface area contributed by atoms with Crippen molar-refractivity contribution in [3.8, 4) is 5.75 Å². The molecule has 0 bridgehead atoms. The summed E-state index contributed by atoms with van der Waals surface area (Å²) in [6, 6.07) is 5.38. The zero-order chi connectivity index (χ0) is 11.1. The first-order valence-corrected chi connectivity index (χ1v) is 5.74. The zero-order valence-electron chi connectivity index (χ0n) is 8.28. The summed E-state index contributed by atoms with van der Waals surface area (Å²) in [5, 5.41) is 19.0. The van der Waals surface area contributed by atoms with E-state index in [0.717, 1.165) is 5.56 Å². The van der Waals surface area contributed by atoms with Gasteiger partial charge in [0, 0.05) is 12.0 Å². The van der Waals surface area contributed by atoms with Crippen LogP contribution in [0.5, 0.6) is 5.75 Å². The molecule has 4 heteroatoms. The van der Waals surface area contributed by atoms with Crippen LogP contribution in [0.4, 0.5) is 0 Å². The van der Waals surface area contributed by atoms with Crippen LogP contribution < -0.4 is 5.73 Å². The lowest BCUT2D eigenvalue weighted by Gasteiger charge is -2.45. The highest BCUT2D eigenvalue weighted by Crippen LogP contribution is 2.47. The Kier molecular flexibility index (Phi) is 2.75. The highest BCUT2D eigenvalue weighted by molar-refractivity contribution is 9.10. The quantitative estimate of drug-likeness (QED) is 0.764. The fraction of sp³-hybridized carbons (Fsp3) is 0.455. The zero-order valence-corrected chi connectivity index (χ0v) is 9.87. The standard InChI is InChI=1S/C11H14BrNO2/c12-10-8(2-1-3-9(10)15)11(6-13)4-7(14)5-11/h1-3,7,14-15H,4-6,13H2. The van der Waals surface area contributed by atoms with E-state index < -0.39 is 0 Å². The smallest absolute Gasteiger partial charge is 0.130 e. The van der Waals surface area contributed by atoms with Crippen molar-refractivity contribution in [1.82, 2.24) is 0 Å². The Balaban J connectivity index is 2.40. The number of hydrogen-bond acceptors (Lipinski definition) is 3. The minimum absolute atomic E-state index is 0.170. The van der Waals surface area contributed by atoms with Gasteiger partial charge in [0.25, 0.3) is 0 Å². The summed E-state index contributed by atoms with van der Waals surface area (Å²) in [7, 11) is 0. The van der Waals surface area contributed by atoms with Gasteiger partial charge in [-0.05, 0) is 40.4 Å². The fourth-order valence-electron chi connectivity index (χ4n) is 2.27. The Bertz CT molecular complexity index is 375. The third-order valence-electron chi connectivity index (χ3n) is 3.19. The molecule has 0 aromatic heterocycles. The number of hydrogen-bond donors (Lipinski definition) is 3. The molecule has 1 fully saturated rings. The molecule has 0 atom stereocenters. The van der Waals surface area contributed by atoms with Crippen molar-refractivity contribution in [2.24, 2.45) is 5.73 Å². The van der Waals surface area contributed by atoms with E-state index in [-0.39, 0.29) is 17.3 Å². The number of phenols is 1. The third kappa shape index (κ3) is 1.67. The molecule has 1 saturated carbocycles. The fourth-order valence-corrected chi connectivity index (χ4v) is 2.95. The first-order valence-electron chi connectivity index (χ1n) is 4.95. The largest absolute Gasteiger partial charge is 0.507 e. The van der Waals surface area contributed by atoms with Crippen LogP contribution in [-0.2, 0) is 5.41 Å². The lowest BCUT2D eigenvalue weighted by Crippen LogP contribution is -2.50. The first-order chi connectivity index (χ1) is 7.09. The second kappa shape index (κ2) is 3.77. The average molecular weight is 272 g/mol. The molecular weight excluding hydrogens is 258 g/mol. The van der Waals surface area contributed by atoms with E-state index in [9.17, 15) is 10.2 Å². The van der Waals surface area contributed by atoms with E-state index in [1.165, 1.54) is 0 Å². The van der Waals surface area contributed by atoms with E-state index in [1.807, 2.05) is 6.07 Å². The number of rotatable bonds is 2. The maximum Gasteiger partial charge on any atom is 0.130 e. The van der Waals surface area contributed by atoms with Crippen LogP contribution in [0.25, 0.3) is 0 Å². The molecule has 1 aromatic carbocycles. The topological polar surface area (TPSA) is 66.5 Å². The van der Waals surface area contributed by atoms with Gasteiger partial charge in [-0.25, -0.2) is 0 Å². The van der Waals surface area contributed by atoms with Crippen LogP contribution in [-0.4, -0.2) is 22.9 Å². The van der Waals surface area contributed by atoms with E-state index >= 15 is 0 Å². The van der Waals surface area contributed by atoms with Crippen LogP contribution in [0.1, 0.15) is 18.4 Å². The molecule has 1 aromatic rings. The van der Waals surface area contributed by atoms with Crippen molar-refractivity contribution in [3.05, 3.63) is 28.2 Å². The van der Waals surface area contributed by atoms with Crippen molar-refractivity contribution >= 4 is 15.9 Å². The van der Waals surface area contributed by atoms with Gasteiger partial charge in [-0.2, -0.15) is 0 Å². The molecule has 0 unspecified atom stereocenters. The molecule has 0 amide bonds. The molecule has 3 nitrogen and oxygen atoms in total. The summed E-state index contributed by atoms with van der Waals surface area (Å²) in [5.74, 6) is 0.224. The number of aliphatic hydroxyl groups is 1. The predicted octanol–water partition coefficient (Wildman–Crippen LogP) is 1.51. The van der Waals surface area contributed by atoms with Gasteiger partial charge in [-0.3, -0.25) is 0 Å². The summed E-state index contributed by atoms with van der Waals surface area (Å²) in [6.07, 6.45) is 1.08. The summed E-state index contributed by atoms with van der Waals surface area (Å²) >= 11 is 3.36. The maximum atomic E-state index is 9.59. The van der Waals surface area contributed by atoms with Crippen LogP contribution in [0.15, 0.2) is 22.7 Å². The first kappa shape index (κ1) is 10.9. The Morgan fingerprint density at radius 2 is 2.13 bits per heavy atom. The minimum atomic E-state index is -0.261. The molecule has 82 valence electrons. The second-order valence-electron chi connectivity index (χ2n) is 4.19. The van der Waals surface area contributed by atoms with Crippen molar-refractivity contribution in [1.29, 1.82) is 0 Å². The lowest BCUT2D eigenvalue weighted by molar-refractivity contribution is 0.0217. The van der Waals surface area contributed by atoms with Crippen molar-refractivity contribution in [2.75, 3.05) is 6.54 Å². The molecule has 0 saturated heterocycles. The normalized spacial score (nSPS) is 29.9. The van der Waals surface area contributed by atoms with E-state index in [1.54, 1.807) is 12.1 Å². The van der Waals surface area contributed by atoms with E-state index in [0.29, 0.717) is 23.9 Å². The van der Waals surface area contributed by atoms with Gasteiger partial charge in [0.15, 0.2) is 0 Å². The van der Waals surface area contributed by atoms with Crippen LogP contribution in [0.2, 0.25) is 0 Å². The molecule has 1 aliphatic rings. The molecule has 0 heterocycles. The Labute approximate surface area is 97.0 Å². The third-order valence-corrected chi connectivity index (χ3v) is 4.03. The number of phenolic OH excluding ortho intramolecular Hbond substituents is 1. The molecule has 4 N–H and O–H groups in total. The van der Waals surface area contributed by atoms with Crippen molar-refractivity contribution < 1.29 is 10.2 Å². The van der Waals surface area contributed by atoms with Gasteiger partial charge >= 0.3 is 0 Å². The van der Waals surface area contributed by atoms with Crippen molar-refractivity contribution in [2.45, 2.75) is 24.4 Å². The number of aliphatic hydroxyl groups excluding tert-OH is 1.